The summed E-state index contributed by atoms with van der Waals surface area (Å²) in [6.07, 6.45) is 0.757. The maximum atomic E-state index is 5.87. The van der Waals surface area contributed by atoms with Gasteiger partial charge in [0.15, 0.2) is 0 Å². The van der Waals surface area contributed by atoms with Crippen molar-refractivity contribution in [3.8, 4) is 11.8 Å². The monoisotopic (exact) mass is 258 g/mol. The number of benzene rings is 1. The largest absolute Gasteiger partial charge is 0.478 e. The standard InChI is InChI=1S/C15H18N2O2/c1-2-18-14-8-5-9-15(17-14)19-11-10-12-6-3-4-7-13(12)16/h3-9H,2,10-11,16H2,1H3. The first-order chi connectivity index (χ1) is 9.29. The van der Waals surface area contributed by atoms with E-state index in [2.05, 4.69) is 4.98 Å². The van der Waals surface area contributed by atoms with Gasteiger partial charge < -0.3 is 15.2 Å². The van der Waals surface area contributed by atoms with Gasteiger partial charge in [-0.25, -0.2) is 0 Å². The SMILES string of the molecule is CCOc1cccc(OCCc2ccccc2N)n1. The molecule has 1 aromatic carbocycles. The van der Waals surface area contributed by atoms with Gasteiger partial charge in [0.25, 0.3) is 0 Å². The summed E-state index contributed by atoms with van der Waals surface area (Å²) in [5.74, 6) is 1.15. The van der Waals surface area contributed by atoms with Crippen LogP contribution in [0.15, 0.2) is 42.5 Å². The van der Waals surface area contributed by atoms with Gasteiger partial charge in [-0.3, -0.25) is 0 Å². The average Bonchev–Trinajstić information content (AvgIpc) is 2.42. The van der Waals surface area contributed by atoms with Crippen molar-refractivity contribution in [2.75, 3.05) is 18.9 Å². The van der Waals surface area contributed by atoms with Gasteiger partial charge in [0, 0.05) is 24.2 Å². The number of pyridine rings is 1. The topological polar surface area (TPSA) is 57.4 Å². The third kappa shape index (κ3) is 3.88. The molecule has 2 N–H and O–H groups in total. The van der Waals surface area contributed by atoms with E-state index in [1.807, 2.05) is 49.4 Å². The van der Waals surface area contributed by atoms with Gasteiger partial charge >= 0.3 is 0 Å². The smallest absolute Gasteiger partial charge is 0.216 e. The van der Waals surface area contributed by atoms with E-state index in [0.29, 0.717) is 25.0 Å². The van der Waals surface area contributed by atoms with Crippen molar-refractivity contribution in [3.05, 3.63) is 48.0 Å². The number of anilines is 1. The van der Waals surface area contributed by atoms with Crippen LogP contribution in [0, 0.1) is 0 Å². The van der Waals surface area contributed by atoms with Crippen LogP contribution < -0.4 is 15.2 Å². The second kappa shape index (κ2) is 6.64. The van der Waals surface area contributed by atoms with Gasteiger partial charge in [0.1, 0.15) is 0 Å². The van der Waals surface area contributed by atoms with E-state index in [-0.39, 0.29) is 0 Å². The molecule has 0 aliphatic rings. The van der Waals surface area contributed by atoms with Crippen LogP contribution in [0.25, 0.3) is 0 Å². The van der Waals surface area contributed by atoms with Gasteiger partial charge in [0.2, 0.25) is 11.8 Å². The summed E-state index contributed by atoms with van der Waals surface area (Å²) in [7, 11) is 0. The van der Waals surface area contributed by atoms with E-state index < -0.39 is 0 Å². The summed E-state index contributed by atoms with van der Waals surface area (Å²) in [6, 6.07) is 13.3. The molecule has 2 rings (SSSR count). The number of rotatable bonds is 6. The highest BCUT2D eigenvalue weighted by molar-refractivity contribution is 5.46. The van der Waals surface area contributed by atoms with Crippen LogP contribution in [-0.4, -0.2) is 18.2 Å². The van der Waals surface area contributed by atoms with Crippen LogP contribution >= 0.6 is 0 Å². The zero-order valence-corrected chi connectivity index (χ0v) is 11.0. The second-order valence-corrected chi connectivity index (χ2v) is 4.04. The maximum Gasteiger partial charge on any atom is 0.216 e. The number of aromatic nitrogens is 1. The Bertz CT molecular complexity index is 529. The summed E-state index contributed by atoms with van der Waals surface area (Å²) < 4.78 is 10.9. The van der Waals surface area contributed by atoms with Gasteiger partial charge in [-0.2, -0.15) is 4.98 Å². The van der Waals surface area contributed by atoms with Gasteiger partial charge in [0.05, 0.1) is 13.2 Å². The molecule has 0 spiro atoms. The predicted molar refractivity (Wildman–Crippen MR) is 75.5 cm³/mol. The third-order valence-corrected chi connectivity index (χ3v) is 2.67. The Morgan fingerprint density at radius 3 is 2.47 bits per heavy atom. The summed E-state index contributed by atoms with van der Waals surface area (Å²) >= 11 is 0. The highest BCUT2D eigenvalue weighted by Gasteiger charge is 2.01. The van der Waals surface area contributed by atoms with Crippen molar-refractivity contribution in [1.82, 2.24) is 4.98 Å². The molecule has 0 aliphatic heterocycles. The maximum absolute atomic E-state index is 5.87. The summed E-state index contributed by atoms with van der Waals surface area (Å²) in [5, 5.41) is 0. The fraction of sp³-hybridized carbons (Fsp3) is 0.267. The van der Waals surface area contributed by atoms with Crippen molar-refractivity contribution in [2.45, 2.75) is 13.3 Å². The number of ether oxygens (including phenoxy) is 2. The van der Waals surface area contributed by atoms with Gasteiger partial charge in [-0.15, -0.1) is 0 Å². The zero-order chi connectivity index (χ0) is 13.5. The summed E-state index contributed by atoms with van der Waals surface area (Å²) in [5.41, 5.74) is 7.75. The number of hydrogen-bond acceptors (Lipinski definition) is 4. The molecule has 0 saturated carbocycles. The normalized spacial score (nSPS) is 10.2. The lowest BCUT2D eigenvalue weighted by atomic mass is 10.1. The summed E-state index contributed by atoms with van der Waals surface area (Å²) in [4.78, 5) is 4.24. The molecular formula is C15H18N2O2. The molecule has 0 aliphatic carbocycles. The Hall–Kier alpha value is -2.23. The molecule has 0 radical (unpaired) electrons. The Morgan fingerprint density at radius 2 is 1.74 bits per heavy atom. The molecule has 2 aromatic rings. The lowest BCUT2D eigenvalue weighted by Crippen LogP contribution is -2.05. The number of nitrogens with zero attached hydrogens (tertiary/aromatic N) is 1. The van der Waals surface area contributed by atoms with Gasteiger partial charge in [-0.1, -0.05) is 24.3 Å². The Balaban J connectivity index is 1.89. The van der Waals surface area contributed by atoms with Crippen molar-refractivity contribution >= 4 is 5.69 Å². The predicted octanol–water partition coefficient (Wildman–Crippen LogP) is 2.68. The number of para-hydroxylation sites is 1. The lowest BCUT2D eigenvalue weighted by Gasteiger charge is -2.08. The molecule has 0 bridgehead atoms. The number of hydrogen-bond donors (Lipinski definition) is 1. The van der Waals surface area contributed by atoms with E-state index in [9.17, 15) is 0 Å². The third-order valence-electron chi connectivity index (χ3n) is 2.67. The molecule has 4 heteroatoms. The van der Waals surface area contributed by atoms with Crippen molar-refractivity contribution < 1.29 is 9.47 Å². The van der Waals surface area contributed by atoms with Crippen molar-refractivity contribution in [3.63, 3.8) is 0 Å². The fourth-order valence-corrected chi connectivity index (χ4v) is 1.73. The molecule has 100 valence electrons. The van der Waals surface area contributed by atoms with Crippen molar-refractivity contribution in [2.24, 2.45) is 0 Å². The molecule has 0 amide bonds. The minimum absolute atomic E-state index is 0.538. The van der Waals surface area contributed by atoms with E-state index in [4.69, 9.17) is 15.2 Å². The molecule has 0 saturated heterocycles. The van der Waals surface area contributed by atoms with Crippen LogP contribution in [0.1, 0.15) is 12.5 Å². The molecule has 0 unspecified atom stereocenters. The molecular weight excluding hydrogens is 240 g/mol. The van der Waals surface area contributed by atoms with Crippen LogP contribution in [0.4, 0.5) is 5.69 Å². The van der Waals surface area contributed by atoms with Crippen LogP contribution in [0.5, 0.6) is 11.8 Å². The highest BCUT2D eigenvalue weighted by Crippen LogP contribution is 2.15. The quantitative estimate of drug-likeness (QED) is 0.809. The lowest BCUT2D eigenvalue weighted by molar-refractivity contribution is 0.290. The molecule has 0 fully saturated rings. The second-order valence-electron chi connectivity index (χ2n) is 4.04. The van der Waals surface area contributed by atoms with E-state index in [1.54, 1.807) is 0 Å². The van der Waals surface area contributed by atoms with Gasteiger partial charge in [-0.05, 0) is 18.6 Å². The van der Waals surface area contributed by atoms with Crippen LogP contribution in [0.3, 0.4) is 0 Å². The first kappa shape index (κ1) is 13.2. The van der Waals surface area contributed by atoms with E-state index in [0.717, 1.165) is 17.7 Å². The molecule has 1 heterocycles. The molecule has 1 aromatic heterocycles. The van der Waals surface area contributed by atoms with Crippen LogP contribution in [0.2, 0.25) is 0 Å². The highest BCUT2D eigenvalue weighted by atomic mass is 16.5. The van der Waals surface area contributed by atoms with Crippen LogP contribution in [-0.2, 0) is 6.42 Å². The Kier molecular flexibility index (Phi) is 4.61. The average molecular weight is 258 g/mol. The van der Waals surface area contributed by atoms with E-state index >= 15 is 0 Å². The first-order valence-corrected chi connectivity index (χ1v) is 6.35. The molecule has 4 nitrogen and oxygen atoms in total. The van der Waals surface area contributed by atoms with E-state index in [1.165, 1.54) is 0 Å². The molecule has 19 heavy (non-hydrogen) atoms. The molecule has 0 atom stereocenters. The Morgan fingerprint density at radius 1 is 1.00 bits per heavy atom. The zero-order valence-electron chi connectivity index (χ0n) is 11.0. The summed E-state index contributed by atoms with van der Waals surface area (Å²) in [6.45, 7) is 3.06. The number of nitrogen functional groups attached to an aromatic ring is 1. The fourth-order valence-electron chi connectivity index (χ4n) is 1.73. The van der Waals surface area contributed by atoms with Crippen molar-refractivity contribution in [1.29, 1.82) is 0 Å². The minimum Gasteiger partial charge on any atom is -0.478 e. The Labute approximate surface area is 113 Å². The number of nitrogens with two attached hydrogens (primary N) is 1. The first-order valence-electron chi connectivity index (χ1n) is 6.35. The minimum atomic E-state index is 0.538.